The van der Waals surface area contributed by atoms with Gasteiger partial charge in [-0.05, 0) is 18.8 Å². The van der Waals surface area contributed by atoms with Crippen molar-refractivity contribution >= 4 is 11.7 Å². The van der Waals surface area contributed by atoms with Gasteiger partial charge in [0.05, 0.1) is 5.92 Å². The zero-order valence-electron chi connectivity index (χ0n) is 11.9. The molecule has 1 amide bonds. The van der Waals surface area contributed by atoms with Crippen LogP contribution in [0.2, 0.25) is 0 Å². The van der Waals surface area contributed by atoms with E-state index in [1.165, 1.54) is 32.1 Å². The number of hydrogen-bond donors (Lipinski definition) is 3. The summed E-state index contributed by atoms with van der Waals surface area (Å²) in [6.07, 6.45) is 9.05. The minimum Gasteiger partial charge on any atom is -0.409 e. The fraction of sp³-hybridized carbons (Fsp3) is 0.857. The summed E-state index contributed by atoms with van der Waals surface area (Å²) in [6, 6.07) is 0. The summed E-state index contributed by atoms with van der Waals surface area (Å²) in [4.78, 5) is 12.0. The highest BCUT2D eigenvalue weighted by Crippen LogP contribution is 2.25. The van der Waals surface area contributed by atoms with Gasteiger partial charge in [-0.3, -0.25) is 4.79 Å². The fourth-order valence-corrected chi connectivity index (χ4v) is 2.77. The zero-order chi connectivity index (χ0) is 14.1. The van der Waals surface area contributed by atoms with Crippen LogP contribution in [-0.4, -0.2) is 23.5 Å². The van der Waals surface area contributed by atoms with Crippen LogP contribution in [0.15, 0.2) is 5.16 Å². The fourth-order valence-electron chi connectivity index (χ4n) is 2.77. The molecular formula is C14H27N3O2. The van der Waals surface area contributed by atoms with Crippen LogP contribution in [0.3, 0.4) is 0 Å². The molecule has 0 aliphatic heterocycles. The Morgan fingerprint density at radius 1 is 1.42 bits per heavy atom. The molecule has 5 heteroatoms. The third kappa shape index (κ3) is 5.49. The Bertz CT molecular complexity index is 299. The van der Waals surface area contributed by atoms with E-state index in [0.29, 0.717) is 13.0 Å². The maximum absolute atomic E-state index is 12.0. The summed E-state index contributed by atoms with van der Waals surface area (Å²) in [5, 5.41) is 14.6. The number of oxime groups is 1. The molecule has 0 radical (unpaired) electrons. The lowest BCUT2D eigenvalue weighted by Gasteiger charge is -2.22. The lowest BCUT2D eigenvalue weighted by Crippen LogP contribution is -2.39. The molecule has 1 atom stereocenters. The van der Waals surface area contributed by atoms with Crippen LogP contribution in [0, 0.1) is 11.8 Å². The van der Waals surface area contributed by atoms with E-state index in [0.717, 1.165) is 18.8 Å². The minimum absolute atomic E-state index is 0.0111. The molecule has 1 saturated carbocycles. The smallest absolute Gasteiger partial charge is 0.230 e. The second-order valence-corrected chi connectivity index (χ2v) is 5.45. The molecule has 1 aliphatic carbocycles. The van der Waals surface area contributed by atoms with Gasteiger partial charge in [-0.2, -0.15) is 0 Å². The second-order valence-electron chi connectivity index (χ2n) is 5.45. The van der Waals surface area contributed by atoms with Gasteiger partial charge in [0, 0.05) is 6.54 Å². The van der Waals surface area contributed by atoms with E-state index in [2.05, 4.69) is 10.5 Å². The van der Waals surface area contributed by atoms with E-state index in [9.17, 15) is 4.79 Å². The van der Waals surface area contributed by atoms with Crippen LogP contribution < -0.4 is 11.1 Å². The Balaban J connectivity index is 2.31. The third-order valence-corrected chi connectivity index (χ3v) is 3.94. The molecule has 0 aromatic heterocycles. The van der Waals surface area contributed by atoms with Gasteiger partial charge in [-0.25, -0.2) is 0 Å². The largest absolute Gasteiger partial charge is 0.409 e. The summed E-state index contributed by atoms with van der Waals surface area (Å²) < 4.78 is 0. The van der Waals surface area contributed by atoms with Crippen molar-refractivity contribution in [2.75, 3.05) is 6.54 Å². The van der Waals surface area contributed by atoms with Gasteiger partial charge < -0.3 is 16.3 Å². The molecule has 1 fully saturated rings. The molecule has 0 saturated heterocycles. The standard InChI is InChI=1S/C14H27N3O2/c1-2-6-12(13(15)17-19)14(18)16-10-9-11-7-4-3-5-8-11/h11-12,19H,2-10H2,1H3,(H2,15,17)(H,16,18). The van der Waals surface area contributed by atoms with Crippen LogP contribution >= 0.6 is 0 Å². The molecule has 4 N–H and O–H groups in total. The van der Waals surface area contributed by atoms with Crippen LogP contribution in [0.4, 0.5) is 0 Å². The van der Waals surface area contributed by atoms with Crippen molar-refractivity contribution < 1.29 is 10.0 Å². The lowest BCUT2D eigenvalue weighted by molar-refractivity contribution is -0.123. The Morgan fingerprint density at radius 2 is 2.11 bits per heavy atom. The van der Waals surface area contributed by atoms with E-state index >= 15 is 0 Å². The van der Waals surface area contributed by atoms with Crippen molar-refractivity contribution in [2.24, 2.45) is 22.7 Å². The van der Waals surface area contributed by atoms with Gasteiger partial charge in [0.15, 0.2) is 5.84 Å². The summed E-state index contributed by atoms with van der Waals surface area (Å²) in [6.45, 7) is 2.68. The first-order chi connectivity index (χ1) is 9.19. The van der Waals surface area contributed by atoms with Gasteiger partial charge in [0.2, 0.25) is 5.91 Å². The predicted molar refractivity (Wildman–Crippen MR) is 76.0 cm³/mol. The van der Waals surface area contributed by atoms with Crippen molar-refractivity contribution in [3.63, 3.8) is 0 Å². The molecule has 1 aliphatic rings. The number of nitrogens with zero attached hydrogens (tertiary/aromatic N) is 1. The molecule has 110 valence electrons. The molecule has 0 spiro atoms. The third-order valence-electron chi connectivity index (χ3n) is 3.94. The molecular weight excluding hydrogens is 242 g/mol. The van der Waals surface area contributed by atoms with Crippen molar-refractivity contribution in [3.8, 4) is 0 Å². The van der Waals surface area contributed by atoms with E-state index in [1.54, 1.807) is 0 Å². The lowest BCUT2D eigenvalue weighted by atomic mass is 9.87. The topological polar surface area (TPSA) is 87.7 Å². The normalized spacial score (nSPS) is 19.1. The van der Waals surface area contributed by atoms with Crippen LogP contribution in [0.5, 0.6) is 0 Å². The molecule has 5 nitrogen and oxygen atoms in total. The average Bonchev–Trinajstić information content (AvgIpc) is 2.45. The van der Waals surface area contributed by atoms with Crippen molar-refractivity contribution in [1.82, 2.24) is 5.32 Å². The molecule has 0 aromatic rings. The first-order valence-electron chi connectivity index (χ1n) is 7.44. The highest BCUT2D eigenvalue weighted by atomic mass is 16.4. The monoisotopic (exact) mass is 269 g/mol. The zero-order valence-corrected chi connectivity index (χ0v) is 11.9. The number of carbonyl (C=O) groups is 1. The maximum Gasteiger partial charge on any atom is 0.230 e. The van der Waals surface area contributed by atoms with E-state index in [4.69, 9.17) is 10.9 Å². The molecule has 1 rings (SSSR count). The van der Waals surface area contributed by atoms with E-state index in [-0.39, 0.29) is 11.7 Å². The number of carbonyl (C=O) groups excluding carboxylic acids is 1. The molecule has 0 heterocycles. The van der Waals surface area contributed by atoms with Gasteiger partial charge in [0.25, 0.3) is 0 Å². The highest BCUT2D eigenvalue weighted by molar-refractivity contribution is 6.01. The number of rotatable bonds is 7. The van der Waals surface area contributed by atoms with Gasteiger partial charge in [0.1, 0.15) is 0 Å². The average molecular weight is 269 g/mol. The summed E-state index contributed by atoms with van der Waals surface area (Å²) in [5.74, 6) is 0.147. The molecule has 0 aromatic carbocycles. The number of amides is 1. The van der Waals surface area contributed by atoms with Gasteiger partial charge in [-0.1, -0.05) is 50.6 Å². The Kier molecular flexibility index (Phi) is 7.30. The van der Waals surface area contributed by atoms with Gasteiger partial charge in [-0.15, -0.1) is 0 Å². The van der Waals surface area contributed by atoms with Crippen molar-refractivity contribution in [2.45, 2.75) is 58.3 Å². The number of nitrogens with two attached hydrogens (primary N) is 1. The summed E-state index contributed by atoms with van der Waals surface area (Å²) >= 11 is 0. The van der Waals surface area contributed by atoms with Gasteiger partial charge >= 0.3 is 0 Å². The molecule has 0 bridgehead atoms. The maximum atomic E-state index is 12.0. The van der Waals surface area contributed by atoms with Crippen LogP contribution in [0.1, 0.15) is 58.3 Å². The van der Waals surface area contributed by atoms with Crippen molar-refractivity contribution in [1.29, 1.82) is 0 Å². The first-order valence-corrected chi connectivity index (χ1v) is 7.44. The Hall–Kier alpha value is -1.26. The quantitative estimate of drug-likeness (QED) is 0.287. The summed E-state index contributed by atoms with van der Waals surface area (Å²) in [7, 11) is 0. The van der Waals surface area contributed by atoms with Crippen LogP contribution in [-0.2, 0) is 4.79 Å². The SMILES string of the molecule is CCCC(C(=O)NCCC1CCCCC1)C(N)=NO. The Labute approximate surface area is 115 Å². The highest BCUT2D eigenvalue weighted by Gasteiger charge is 2.22. The minimum atomic E-state index is -0.499. The molecule has 19 heavy (non-hydrogen) atoms. The Morgan fingerprint density at radius 3 is 2.68 bits per heavy atom. The summed E-state index contributed by atoms with van der Waals surface area (Å²) in [5.41, 5.74) is 5.56. The molecule has 1 unspecified atom stereocenters. The van der Waals surface area contributed by atoms with Crippen molar-refractivity contribution in [3.05, 3.63) is 0 Å². The number of hydrogen-bond acceptors (Lipinski definition) is 3. The number of nitrogens with one attached hydrogen (secondary N) is 1. The second kappa shape index (κ2) is 8.77. The number of amidine groups is 1. The van der Waals surface area contributed by atoms with Crippen LogP contribution in [0.25, 0.3) is 0 Å². The van der Waals surface area contributed by atoms with E-state index < -0.39 is 5.92 Å². The first kappa shape index (κ1) is 15.8. The predicted octanol–water partition coefficient (Wildman–Crippen LogP) is 2.24. The van der Waals surface area contributed by atoms with E-state index in [1.807, 2.05) is 6.92 Å².